The van der Waals surface area contributed by atoms with Crippen molar-refractivity contribution in [1.82, 2.24) is 14.9 Å². The molecule has 26 heavy (non-hydrogen) atoms. The van der Waals surface area contributed by atoms with Crippen molar-refractivity contribution in [1.29, 1.82) is 0 Å². The van der Waals surface area contributed by atoms with E-state index < -0.39 is 0 Å². The Hall–Kier alpha value is -2.15. The van der Waals surface area contributed by atoms with E-state index in [2.05, 4.69) is 21.8 Å². The molecule has 0 spiro atoms. The fourth-order valence-electron chi connectivity index (χ4n) is 2.83. The second-order valence-electron chi connectivity index (χ2n) is 6.42. The number of aryl methyl sites for hydroxylation is 1. The second-order valence-corrected chi connectivity index (χ2v) is 7.36. The molecular weight excluding hydrogens is 350 g/mol. The summed E-state index contributed by atoms with van der Waals surface area (Å²) in [5.74, 6) is 1.68. The summed E-state index contributed by atoms with van der Waals surface area (Å²) in [5.41, 5.74) is 3.22. The van der Waals surface area contributed by atoms with Crippen LogP contribution < -0.4 is 14.8 Å². The molecule has 1 N–H and O–H groups in total. The Balaban J connectivity index is 1.55. The molecule has 7 heteroatoms. The summed E-state index contributed by atoms with van der Waals surface area (Å²) >= 11 is 1.50. The molecule has 3 rings (SSSR count). The summed E-state index contributed by atoms with van der Waals surface area (Å²) in [7, 11) is 3.20. The summed E-state index contributed by atoms with van der Waals surface area (Å²) in [6, 6.07) is 6.20. The fraction of sp³-hybridized carbons (Fsp3) is 0.474. The molecule has 1 aliphatic carbocycles. The molecule has 0 unspecified atom stereocenters. The number of thioether (sulfide) groups is 1. The van der Waals surface area contributed by atoms with Crippen LogP contribution >= 0.6 is 11.8 Å². The molecule has 0 aliphatic heterocycles. The van der Waals surface area contributed by atoms with Gasteiger partial charge in [-0.15, -0.1) is 0 Å². The highest BCUT2D eigenvalue weighted by Crippen LogP contribution is 2.39. The molecule has 0 atom stereocenters. The number of aromatic nitrogens is 2. The Morgan fingerprint density at radius 1 is 1.27 bits per heavy atom. The molecule has 0 bridgehead atoms. The van der Waals surface area contributed by atoms with Crippen LogP contribution in [0.15, 0.2) is 23.4 Å². The van der Waals surface area contributed by atoms with E-state index in [1.165, 1.54) is 30.3 Å². The monoisotopic (exact) mass is 375 g/mol. The van der Waals surface area contributed by atoms with Gasteiger partial charge in [-0.2, -0.15) is 0 Å². The summed E-state index contributed by atoms with van der Waals surface area (Å²) < 4.78 is 12.8. The lowest BCUT2D eigenvalue weighted by Gasteiger charge is -2.11. The highest BCUT2D eigenvalue weighted by Gasteiger charge is 2.28. The number of benzene rings is 1. The van der Waals surface area contributed by atoms with Gasteiger partial charge < -0.3 is 19.4 Å². The summed E-state index contributed by atoms with van der Waals surface area (Å²) in [6.07, 6.45) is 2.41. The van der Waals surface area contributed by atoms with Crippen LogP contribution in [0.2, 0.25) is 0 Å². The number of carbonyl (C=O) groups is 1. The van der Waals surface area contributed by atoms with Gasteiger partial charge in [-0.05, 0) is 44.4 Å². The average molecular weight is 375 g/mol. The molecule has 1 aromatic carbocycles. The number of rotatable bonds is 8. The number of hydrogen-bond donors (Lipinski definition) is 1. The first-order valence-corrected chi connectivity index (χ1v) is 9.68. The van der Waals surface area contributed by atoms with Gasteiger partial charge in [0.25, 0.3) is 0 Å². The number of carbonyl (C=O) groups excluding carboxylic acids is 1. The first-order chi connectivity index (χ1) is 12.5. The highest BCUT2D eigenvalue weighted by molar-refractivity contribution is 7.99. The smallest absolute Gasteiger partial charge is 0.230 e. The Labute approximate surface area is 158 Å². The van der Waals surface area contributed by atoms with Crippen molar-refractivity contribution in [2.24, 2.45) is 0 Å². The van der Waals surface area contributed by atoms with Crippen LogP contribution in [0.3, 0.4) is 0 Å². The number of hydrogen-bond acceptors (Lipinski definition) is 5. The summed E-state index contributed by atoms with van der Waals surface area (Å²) in [6.45, 7) is 4.58. The van der Waals surface area contributed by atoms with E-state index >= 15 is 0 Å². The van der Waals surface area contributed by atoms with E-state index in [1.807, 2.05) is 25.1 Å². The third-order valence-corrected chi connectivity index (χ3v) is 5.49. The van der Waals surface area contributed by atoms with E-state index in [-0.39, 0.29) is 5.91 Å². The highest BCUT2D eigenvalue weighted by atomic mass is 32.2. The van der Waals surface area contributed by atoms with Gasteiger partial charge in [-0.3, -0.25) is 4.79 Å². The molecule has 2 aromatic rings. The molecule has 1 aliphatic rings. The predicted molar refractivity (Wildman–Crippen MR) is 102 cm³/mol. The van der Waals surface area contributed by atoms with E-state index in [1.54, 1.807) is 14.2 Å². The maximum Gasteiger partial charge on any atom is 0.230 e. The van der Waals surface area contributed by atoms with Crippen LogP contribution in [0.4, 0.5) is 0 Å². The number of methoxy groups -OCH3 is 2. The number of imidazole rings is 1. The first-order valence-electron chi connectivity index (χ1n) is 8.69. The Morgan fingerprint density at radius 3 is 2.65 bits per heavy atom. The fourth-order valence-corrected chi connectivity index (χ4v) is 3.82. The third kappa shape index (κ3) is 4.15. The first kappa shape index (κ1) is 18.6. The zero-order chi connectivity index (χ0) is 18.7. The van der Waals surface area contributed by atoms with Crippen molar-refractivity contribution in [2.75, 3.05) is 20.0 Å². The van der Waals surface area contributed by atoms with Crippen LogP contribution in [0.5, 0.6) is 11.5 Å². The van der Waals surface area contributed by atoms with Crippen LogP contribution in [-0.4, -0.2) is 35.4 Å². The van der Waals surface area contributed by atoms with Crippen LogP contribution in [-0.2, 0) is 11.3 Å². The number of amides is 1. The largest absolute Gasteiger partial charge is 0.493 e. The van der Waals surface area contributed by atoms with Crippen LogP contribution in [0.25, 0.3) is 0 Å². The van der Waals surface area contributed by atoms with Gasteiger partial charge in [0.2, 0.25) is 5.91 Å². The minimum absolute atomic E-state index is 0.00885. The average Bonchev–Trinajstić information content (AvgIpc) is 3.44. The van der Waals surface area contributed by atoms with Gasteiger partial charge >= 0.3 is 0 Å². The minimum Gasteiger partial charge on any atom is -0.493 e. The lowest BCUT2D eigenvalue weighted by Crippen LogP contribution is -2.24. The van der Waals surface area contributed by atoms with Gasteiger partial charge in [0, 0.05) is 18.3 Å². The Morgan fingerprint density at radius 2 is 2.00 bits per heavy atom. The molecule has 140 valence electrons. The van der Waals surface area contributed by atoms with Crippen LogP contribution in [0.1, 0.15) is 35.8 Å². The van der Waals surface area contributed by atoms with Crippen molar-refractivity contribution in [3.05, 3.63) is 35.2 Å². The van der Waals surface area contributed by atoms with Crippen LogP contribution in [0, 0.1) is 13.8 Å². The van der Waals surface area contributed by atoms with Gasteiger partial charge in [0.15, 0.2) is 16.7 Å². The third-order valence-electron chi connectivity index (χ3n) is 4.54. The van der Waals surface area contributed by atoms with Gasteiger partial charge in [-0.25, -0.2) is 4.98 Å². The van der Waals surface area contributed by atoms with Crippen molar-refractivity contribution >= 4 is 17.7 Å². The molecular formula is C19H25N3O3S. The zero-order valence-electron chi connectivity index (χ0n) is 15.7. The standard InChI is InChI=1S/C19H25N3O3S/c1-12-13(2)22(15-6-7-15)19(21-12)26-11-18(23)20-10-14-5-8-16(24-3)17(9-14)25-4/h5,8-9,15H,6-7,10-11H2,1-4H3,(H,20,23). The van der Waals surface area contributed by atoms with Crippen molar-refractivity contribution in [3.8, 4) is 11.5 Å². The predicted octanol–water partition coefficient (Wildman–Crippen LogP) is 3.26. The molecule has 1 heterocycles. The van der Waals surface area contributed by atoms with Gasteiger partial charge in [0.1, 0.15) is 0 Å². The maximum absolute atomic E-state index is 12.2. The van der Waals surface area contributed by atoms with Crippen molar-refractivity contribution < 1.29 is 14.3 Å². The van der Waals surface area contributed by atoms with Crippen molar-refractivity contribution in [3.63, 3.8) is 0 Å². The lowest BCUT2D eigenvalue weighted by atomic mass is 10.2. The SMILES string of the molecule is COc1ccc(CNC(=O)CSc2nc(C)c(C)n2C2CC2)cc1OC. The summed E-state index contributed by atoms with van der Waals surface area (Å²) in [5, 5.41) is 3.90. The quantitative estimate of drug-likeness (QED) is 0.718. The topological polar surface area (TPSA) is 65.4 Å². The maximum atomic E-state index is 12.2. The number of nitrogens with zero attached hydrogens (tertiary/aromatic N) is 2. The Kier molecular flexibility index (Phi) is 5.76. The van der Waals surface area contributed by atoms with E-state index in [0.717, 1.165) is 16.4 Å². The molecule has 1 saturated carbocycles. The molecule has 1 amide bonds. The van der Waals surface area contributed by atoms with E-state index in [9.17, 15) is 4.79 Å². The molecule has 0 radical (unpaired) electrons. The number of ether oxygens (including phenoxy) is 2. The summed E-state index contributed by atoms with van der Waals surface area (Å²) in [4.78, 5) is 16.8. The molecule has 6 nitrogen and oxygen atoms in total. The molecule has 1 aromatic heterocycles. The Bertz CT molecular complexity index is 800. The normalized spacial score (nSPS) is 13.5. The lowest BCUT2D eigenvalue weighted by molar-refractivity contribution is -0.118. The number of nitrogens with one attached hydrogen (secondary N) is 1. The molecule has 0 saturated heterocycles. The minimum atomic E-state index is -0.00885. The van der Waals surface area contributed by atoms with E-state index in [0.29, 0.717) is 29.8 Å². The van der Waals surface area contributed by atoms with E-state index in [4.69, 9.17) is 9.47 Å². The van der Waals surface area contributed by atoms with Gasteiger partial charge in [0.05, 0.1) is 25.7 Å². The molecule has 1 fully saturated rings. The zero-order valence-corrected chi connectivity index (χ0v) is 16.5. The van der Waals surface area contributed by atoms with Crippen molar-refractivity contribution in [2.45, 2.75) is 44.4 Å². The van der Waals surface area contributed by atoms with Gasteiger partial charge in [-0.1, -0.05) is 17.8 Å². The second kappa shape index (κ2) is 8.03.